The molecule has 0 bridgehead atoms. The molecule has 0 heterocycles. The van der Waals surface area contributed by atoms with Crippen molar-refractivity contribution < 1.29 is 19.0 Å². The van der Waals surface area contributed by atoms with Crippen LogP contribution in [-0.2, 0) is 11.3 Å². The molecule has 0 aliphatic carbocycles. The molecule has 0 spiro atoms. The van der Waals surface area contributed by atoms with Crippen LogP contribution in [0.1, 0.15) is 15.9 Å². The van der Waals surface area contributed by atoms with E-state index in [9.17, 15) is 4.79 Å². The first-order valence-electron chi connectivity index (χ1n) is 7.08. The zero-order valence-electron chi connectivity index (χ0n) is 13.1. The summed E-state index contributed by atoms with van der Waals surface area (Å²) in [5.74, 6) is 0.238. The summed E-state index contributed by atoms with van der Waals surface area (Å²) in [6.07, 6.45) is 1.49. The van der Waals surface area contributed by atoms with Gasteiger partial charge >= 0.3 is 5.97 Å². The molecule has 0 aliphatic heterocycles. The maximum absolute atomic E-state index is 11.9. The third-order valence-electron chi connectivity index (χ3n) is 3.09. The minimum atomic E-state index is -0.505. The Labute approximate surface area is 154 Å². The molecule has 0 N–H and O–H groups in total. The average molecular weight is 412 g/mol. The number of esters is 1. The Morgan fingerprint density at radius 2 is 2.00 bits per heavy atom. The molecule has 0 amide bonds. The second kappa shape index (κ2) is 8.76. The zero-order chi connectivity index (χ0) is 17.5. The summed E-state index contributed by atoms with van der Waals surface area (Å²) in [5, 5.41) is 0.275. The van der Waals surface area contributed by atoms with Gasteiger partial charge in [-0.1, -0.05) is 52.3 Å². The van der Waals surface area contributed by atoms with Crippen molar-refractivity contribution in [3.05, 3.63) is 69.7 Å². The van der Waals surface area contributed by atoms with Gasteiger partial charge in [-0.25, -0.2) is 4.79 Å². The Morgan fingerprint density at radius 1 is 1.29 bits per heavy atom. The van der Waals surface area contributed by atoms with E-state index in [0.29, 0.717) is 18.1 Å². The van der Waals surface area contributed by atoms with E-state index in [1.165, 1.54) is 25.3 Å². The number of rotatable bonds is 7. The highest BCUT2D eigenvalue weighted by atomic mass is 79.9. The lowest BCUT2D eigenvalue weighted by molar-refractivity contribution is 0.0549. The summed E-state index contributed by atoms with van der Waals surface area (Å²) < 4.78 is 17.0. The molecular weight excluding hydrogens is 396 g/mol. The number of carbonyl (C=O) groups is 1. The number of hydrogen-bond acceptors (Lipinski definition) is 4. The molecule has 0 aliphatic rings. The van der Waals surface area contributed by atoms with Gasteiger partial charge < -0.3 is 14.2 Å². The number of ether oxygens (including phenoxy) is 3. The van der Waals surface area contributed by atoms with Gasteiger partial charge in [0.1, 0.15) is 13.2 Å². The number of hydrogen-bond donors (Lipinski definition) is 0. The van der Waals surface area contributed by atoms with E-state index in [2.05, 4.69) is 22.5 Å². The van der Waals surface area contributed by atoms with E-state index >= 15 is 0 Å². The lowest BCUT2D eigenvalue weighted by Crippen LogP contribution is -2.06. The van der Waals surface area contributed by atoms with Crippen molar-refractivity contribution in [3.8, 4) is 11.5 Å². The summed E-state index contributed by atoms with van der Waals surface area (Å²) in [5.41, 5.74) is 1.26. The maximum Gasteiger partial charge on any atom is 0.338 e. The molecule has 2 rings (SSSR count). The van der Waals surface area contributed by atoms with Crippen LogP contribution in [0.3, 0.4) is 0 Å². The molecule has 0 radical (unpaired) electrons. The van der Waals surface area contributed by atoms with E-state index in [-0.39, 0.29) is 17.2 Å². The third-order valence-corrected chi connectivity index (χ3v) is 3.90. The minimum absolute atomic E-state index is 0.126. The van der Waals surface area contributed by atoms with E-state index in [1.807, 2.05) is 24.3 Å². The number of benzene rings is 2. The van der Waals surface area contributed by atoms with Gasteiger partial charge in [0, 0.05) is 4.47 Å². The van der Waals surface area contributed by atoms with Crippen LogP contribution >= 0.6 is 27.5 Å². The first kappa shape index (κ1) is 18.4. The minimum Gasteiger partial charge on any atom is -0.493 e. The molecule has 0 saturated heterocycles. The van der Waals surface area contributed by atoms with Gasteiger partial charge in [0.25, 0.3) is 0 Å². The van der Waals surface area contributed by atoms with E-state index in [1.54, 1.807) is 0 Å². The van der Waals surface area contributed by atoms with Gasteiger partial charge in [0.15, 0.2) is 11.5 Å². The van der Waals surface area contributed by atoms with Crippen molar-refractivity contribution in [2.45, 2.75) is 6.61 Å². The molecule has 6 heteroatoms. The number of methoxy groups -OCH3 is 1. The second-order valence-corrected chi connectivity index (χ2v) is 6.11. The molecule has 0 aromatic heterocycles. The Bertz CT molecular complexity index is 729. The Balaban J connectivity index is 2.18. The van der Waals surface area contributed by atoms with Crippen molar-refractivity contribution in [2.75, 3.05) is 13.7 Å². The smallest absolute Gasteiger partial charge is 0.338 e. The van der Waals surface area contributed by atoms with Gasteiger partial charge in [0.05, 0.1) is 17.7 Å². The fourth-order valence-electron chi connectivity index (χ4n) is 1.93. The van der Waals surface area contributed by atoms with Crippen molar-refractivity contribution >= 4 is 33.5 Å². The van der Waals surface area contributed by atoms with Gasteiger partial charge in [-0.3, -0.25) is 0 Å². The highest BCUT2D eigenvalue weighted by molar-refractivity contribution is 9.10. The quantitative estimate of drug-likeness (QED) is 0.473. The number of halogens is 2. The van der Waals surface area contributed by atoms with E-state index < -0.39 is 5.97 Å². The summed E-state index contributed by atoms with van der Waals surface area (Å²) in [4.78, 5) is 11.9. The first-order chi connectivity index (χ1) is 11.5. The zero-order valence-corrected chi connectivity index (χ0v) is 15.4. The molecular formula is C18H16BrClO4. The highest BCUT2D eigenvalue weighted by Gasteiger charge is 2.16. The van der Waals surface area contributed by atoms with Crippen LogP contribution < -0.4 is 9.47 Å². The van der Waals surface area contributed by atoms with Crippen molar-refractivity contribution in [1.82, 2.24) is 0 Å². The summed E-state index contributed by atoms with van der Waals surface area (Å²) in [6.45, 7) is 3.95. The molecule has 24 heavy (non-hydrogen) atoms. The SMILES string of the molecule is C=CCOC(=O)c1cc(Cl)c(OCc2ccc(Br)cc2)c(OC)c1. The predicted molar refractivity (Wildman–Crippen MR) is 97.0 cm³/mol. The third kappa shape index (κ3) is 4.76. The lowest BCUT2D eigenvalue weighted by Gasteiger charge is -2.14. The van der Waals surface area contributed by atoms with Gasteiger partial charge in [-0.15, -0.1) is 0 Å². The molecule has 126 valence electrons. The fourth-order valence-corrected chi connectivity index (χ4v) is 2.46. The van der Waals surface area contributed by atoms with Gasteiger partial charge in [-0.05, 0) is 29.8 Å². The van der Waals surface area contributed by atoms with Crippen LogP contribution in [-0.4, -0.2) is 19.7 Å². The van der Waals surface area contributed by atoms with Crippen molar-refractivity contribution in [2.24, 2.45) is 0 Å². The normalized spacial score (nSPS) is 10.1. The van der Waals surface area contributed by atoms with E-state index in [0.717, 1.165) is 10.0 Å². The van der Waals surface area contributed by atoms with Gasteiger partial charge in [-0.2, -0.15) is 0 Å². The van der Waals surface area contributed by atoms with Crippen LogP contribution in [0, 0.1) is 0 Å². The molecule has 2 aromatic rings. The Kier molecular flexibility index (Phi) is 6.70. The Morgan fingerprint density at radius 3 is 2.62 bits per heavy atom. The Hall–Kier alpha value is -1.98. The summed E-state index contributed by atoms with van der Waals surface area (Å²) >= 11 is 9.63. The monoisotopic (exact) mass is 410 g/mol. The second-order valence-electron chi connectivity index (χ2n) is 4.79. The maximum atomic E-state index is 11.9. The van der Waals surface area contributed by atoms with Crippen molar-refractivity contribution in [1.29, 1.82) is 0 Å². The van der Waals surface area contributed by atoms with Crippen LogP contribution in [0.4, 0.5) is 0 Å². The highest BCUT2D eigenvalue weighted by Crippen LogP contribution is 2.37. The molecule has 4 nitrogen and oxygen atoms in total. The number of carbonyl (C=O) groups excluding carboxylic acids is 1. The molecule has 0 fully saturated rings. The molecule has 0 unspecified atom stereocenters. The summed E-state index contributed by atoms with van der Waals surface area (Å²) in [6, 6.07) is 10.8. The van der Waals surface area contributed by atoms with Crippen molar-refractivity contribution in [3.63, 3.8) is 0 Å². The first-order valence-corrected chi connectivity index (χ1v) is 8.25. The average Bonchev–Trinajstić information content (AvgIpc) is 2.59. The largest absolute Gasteiger partial charge is 0.493 e. The molecule has 0 atom stereocenters. The van der Waals surface area contributed by atoms with Crippen LogP contribution in [0.2, 0.25) is 5.02 Å². The standard InChI is InChI=1S/C18H16BrClO4/c1-3-8-23-18(21)13-9-15(20)17(16(10-13)22-2)24-11-12-4-6-14(19)7-5-12/h3-7,9-10H,1,8,11H2,2H3. The summed E-state index contributed by atoms with van der Waals surface area (Å²) in [7, 11) is 1.48. The molecule has 2 aromatic carbocycles. The topological polar surface area (TPSA) is 44.8 Å². The lowest BCUT2D eigenvalue weighted by atomic mass is 10.2. The van der Waals surface area contributed by atoms with Crippen LogP contribution in [0.5, 0.6) is 11.5 Å². The fraction of sp³-hybridized carbons (Fsp3) is 0.167. The van der Waals surface area contributed by atoms with Gasteiger partial charge in [0.2, 0.25) is 0 Å². The molecule has 0 saturated carbocycles. The van der Waals surface area contributed by atoms with Crippen LogP contribution in [0.15, 0.2) is 53.5 Å². The van der Waals surface area contributed by atoms with E-state index in [4.69, 9.17) is 25.8 Å². The van der Waals surface area contributed by atoms with Crippen LogP contribution in [0.25, 0.3) is 0 Å². The predicted octanol–water partition coefficient (Wildman–Crippen LogP) is 5.03.